The van der Waals surface area contributed by atoms with Crippen molar-refractivity contribution in [1.29, 1.82) is 0 Å². The number of carbonyl (C=O) groups is 1. The second kappa shape index (κ2) is 10.3. The number of aromatic amines is 1. The Morgan fingerprint density at radius 3 is 2.30 bits per heavy atom. The number of ether oxygens (including phenoxy) is 4. The molecule has 0 spiro atoms. The topological polar surface area (TPSA) is 95.6 Å². The quantitative estimate of drug-likeness (QED) is 0.503. The van der Waals surface area contributed by atoms with Crippen LogP contribution in [0.1, 0.15) is 36.8 Å². The van der Waals surface area contributed by atoms with Crippen LogP contribution in [0.5, 0.6) is 17.2 Å². The Morgan fingerprint density at radius 2 is 1.60 bits per heavy atom. The summed E-state index contributed by atoms with van der Waals surface area (Å²) in [6, 6.07) is 13.0. The summed E-state index contributed by atoms with van der Waals surface area (Å²) in [5.41, 5.74) is 2.29. The maximum atomic E-state index is 12.0. The lowest BCUT2D eigenvalue weighted by Crippen LogP contribution is -2.06. The van der Waals surface area contributed by atoms with E-state index in [2.05, 4.69) is 15.4 Å². The van der Waals surface area contributed by atoms with Gasteiger partial charge in [-0.15, -0.1) is 5.10 Å². The third kappa shape index (κ3) is 5.08. The molecule has 3 rings (SSSR count). The van der Waals surface area contributed by atoms with E-state index in [4.69, 9.17) is 18.9 Å². The Balaban J connectivity index is 1.68. The van der Waals surface area contributed by atoms with Crippen molar-refractivity contribution in [3.8, 4) is 28.5 Å². The van der Waals surface area contributed by atoms with E-state index in [9.17, 15) is 4.79 Å². The monoisotopic (exact) mass is 411 g/mol. The Labute approximate surface area is 175 Å². The molecular formula is C22H25N3O5. The fraction of sp³-hybridized carbons (Fsp3) is 0.318. The highest BCUT2D eigenvalue weighted by Gasteiger charge is 2.19. The predicted molar refractivity (Wildman–Crippen MR) is 111 cm³/mol. The molecule has 0 aliphatic rings. The second-order valence-corrected chi connectivity index (χ2v) is 6.20. The summed E-state index contributed by atoms with van der Waals surface area (Å²) >= 11 is 0. The number of nitrogens with one attached hydrogen (secondary N) is 1. The molecule has 30 heavy (non-hydrogen) atoms. The number of nitrogens with zero attached hydrogens (tertiary/aromatic N) is 2. The molecule has 0 saturated heterocycles. The Morgan fingerprint density at radius 1 is 0.867 bits per heavy atom. The van der Waals surface area contributed by atoms with Crippen LogP contribution in [0.4, 0.5) is 0 Å². The number of H-pyrrole nitrogens is 1. The zero-order chi connectivity index (χ0) is 21.3. The van der Waals surface area contributed by atoms with Gasteiger partial charge in [0.15, 0.2) is 17.2 Å². The third-order valence-corrected chi connectivity index (χ3v) is 4.16. The third-order valence-electron chi connectivity index (χ3n) is 4.16. The minimum atomic E-state index is -0.512. The summed E-state index contributed by atoms with van der Waals surface area (Å²) < 4.78 is 22.1. The minimum absolute atomic E-state index is 0.156. The molecule has 0 fully saturated rings. The van der Waals surface area contributed by atoms with Gasteiger partial charge in [0.25, 0.3) is 0 Å². The lowest BCUT2D eigenvalue weighted by Gasteiger charge is -2.13. The second-order valence-electron chi connectivity index (χ2n) is 6.20. The fourth-order valence-electron chi connectivity index (χ4n) is 2.83. The molecule has 1 heterocycles. The zero-order valence-corrected chi connectivity index (χ0v) is 17.3. The van der Waals surface area contributed by atoms with Gasteiger partial charge in [0.1, 0.15) is 18.1 Å². The zero-order valence-electron chi connectivity index (χ0n) is 17.3. The van der Waals surface area contributed by atoms with E-state index in [1.54, 1.807) is 6.92 Å². The molecule has 158 valence electrons. The maximum absolute atomic E-state index is 12.0. The molecule has 0 aliphatic heterocycles. The van der Waals surface area contributed by atoms with Crippen LogP contribution < -0.4 is 14.2 Å². The first kappa shape index (κ1) is 21.2. The van der Waals surface area contributed by atoms with Gasteiger partial charge < -0.3 is 18.9 Å². The lowest BCUT2D eigenvalue weighted by atomic mass is 10.1. The predicted octanol–water partition coefficient (Wildman–Crippen LogP) is 4.02. The number of benzene rings is 2. The van der Waals surface area contributed by atoms with Gasteiger partial charge in [-0.2, -0.15) is 10.3 Å². The molecule has 0 aliphatic carbocycles. The number of hydrogen-bond acceptors (Lipinski definition) is 7. The Hall–Kier alpha value is -3.55. The van der Waals surface area contributed by atoms with Crippen molar-refractivity contribution in [3.63, 3.8) is 0 Å². The molecule has 3 aromatic rings. The fourth-order valence-corrected chi connectivity index (χ4v) is 2.83. The highest BCUT2D eigenvalue weighted by Crippen LogP contribution is 2.29. The van der Waals surface area contributed by atoms with Crippen LogP contribution in [-0.2, 0) is 11.3 Å². The van der Waals surface area contributed by atoms with Crippen LogP contribution in [0.2, 0.25) is 0 Å². The number of esters is 1. The summed E-state index contributed by atoms with van der Waals surface area (Å²) in [7, 11) is 0. The van der Waals surface area contributed by atoms with E-state index in [-0.39, 0.29) is 12.3 Å². The largest absolute Gasteiger partial charge is 0.490 e. The van der Waals surface area contributed by atoms with E-state index in [0.717, 1.165) is 16.9 Å². The van der Waals surface area contributed by atoms with Gasteiger partial charge in [0.05, 0.1) is 19.8 Å². The first-order valence-corrected chi connectivity index (χ1v) is 9.85. The molecule has 0 atom stereocenters. The van der Waals surface area contributed by atoms with Crippen LogP contribution in [0.15, 0.2) is 42.5 Å². The standard InChI is InChI=1S/C22H25N3O5/c1-4-27-18-12-7-15(13-19(18)28-5-2)14-30-17-10-8-16(9-11-17)20-21(24-25-23-20)22(26)29-6-3/h7-13H,4-6,14H2,1-3H3,(H,23,24,25). The molecule has 1 N–H and O–H groups in total. The molecule has 0 unspecified atom stereocenters. The van der Waals surface area contributed by atoms with Crippen molar-refractivity contribution in [3.05, 3.63) is 53.7 Å². The molecule has 0 bridgehead atoms. The molecule has 0 saturated carbocycles. The summed E-state index contributed by atoms with van der Waals surface area (Å²) in [6.07, 6.45) is 0. The number of rotatable bonds is 10. The maximum Gasteiger partial charge on any atom is 0.361 e. The summed E-state index contributed by atoms with van der Waals surface area (Å²) in [5, 5.41) is 10.4. The van der Waals surface area contributed by atoms with Crippen LogP contribution in [-0.4, -0.2) is 41.2 Å². The summed E-state index contributed by atoms with van der Waals surface area (Å²) in [6.45, 7) is 7.39. The van der Waals surface area contributed by atoms with E-state index in [0.29, 0.717) is 37.0 Å². The van der Waals surface area contributed by atoms with Crippen molar-refractivity contribution < 1.29 is 23.7 Å². The normalized spacial score (nSPS) is 10.5. The van der Waals surface area contributed by atoms with Gasteiger partial charge >= 0.3 is 5.97 Å². The van der Waals surface area contributed by atoms with Crippen molar-refractivity contribution in [1.82, 2.24) is 15.4 Å². The van der Waals surface area contributed by atoms with E-state index in [1.165, 1.54) is 0 Å². The van der Waals surface area contributed by atoms with E-state index in [1.807, 2.05) is 56.3 Å². The van der Waals surface area contributed by atoms with E-state index >= 15 is 0 Å². The molecule has 0 amide bonds. The number of hydrogen-bond donors (Lipinski definition) is 1. The molecule has 8 heteroatoms. The van der Waals surface area contributed by atoms with Gasteiger partial charge in [0, 0.05) is 5.56 Å². The Kier molecular flexibility index (Phi) is 7.26. The SMILES string of the molecule is CCOC(=O)c1n[nH]nc1-c1ccc(OCc2ccc(OCC)c(OCC)c2)cc1. The van der Waals surface area contributed by atoms with Crippen molar-refractivity contribution in [2.45, 2.75) is 27.4 Å². The molecule has 0 radical (unpaired) electrons. The first-order chi connectivity index (χ1) is 14.7. The van der Waals surface area contributed by atoms with Gasteiger partial charge in [-0.05, 0) is 62.7 Å². The van der Waals surface area contributed by atoms with Gasteiger partial charge in [-0.3, -0.25) is 0 Å². The summed E-state index contributed by atoms with van der Waals surface area (Å²) in [4.78, 5) is 12.0. The highest BCUT2D eigenvalue weighted by molar-refractivity contribution is 5.93. The van der Waals surface area contributed by atoms with Crippen LogP contribution in [0.25, 0.3) is 11.3 Å². The van der Waals surface area contributed by atoms with Gasteiger partial charge in [0.2, 0.25) is 0 Å². The number of carbonyl (C=O) groups excluding carboxylic acids is 1. The molecule has 1 aromatic heterocycles. The Bertz CT molecular complexity index is 969. The van der Waals surface area contributed by atoms with Gasteiger partial charge in [-0.25, -0.2) is 4.79 Å². The van der Waals surface area contributed by atoms with Crippen molar-refractivity contribution in [2.24, 2.45) is 0 Å². The van der Waals surface area contributed by atoms with Crippen LogP contribution in [0, 0.1) is 0 Å². The first-order valence-electron chi connectivity index (χ1n) is 9.85. The molecule has 8 nitrogen and oxygen atoms in total. The van der Waals surface area contributed by atoms with Gasteiger partial charge in [-0.1, -0.05) is 6.07 Å². The average Bonchev–Trinajstić information content (AvgIpc) is 3.25. The molecule has 2 aromatic carbocycles. The smallest absolute Gasteiger partial charge is 0.361 e. The van der Waals surface area contributed by atoms with E-state index < -0.39 is 5.97 Å². The molecular weight excluding hydrogens is 386 g/mol. The highest BCUT2D eigenvalue weighted by atomic mass is 16.5. The lowest BCUT2D eigenvalue weighted by molar-refractivity contribution is 0.0520. The number of aromatic nitrogens is 3. The average molecular weight is 411 g/mol. The van der Waals surface area contributed by atoms with Crippen molar-refractivity contribution in [2.75, 3.05) is 19.8 Å². The minimum Gasteiger partial charge on any atom is -0.490 e. The van der Waals surface area contributed by atoms with Crippen molar-refractivity contribution >= 4 is 5.97 Å². The van der Waals surface area contributed by atoms with Crippen LogP contribution in [0.3, 0.4) is 0 Å². The summed E-state index contributed by atoms with van der Waals surface area (Å²) in [5.74, 6) is 1.60. The van der Waals surface area contributed by atoms with Crippen LogP contribution >= 0.6 is 0 Å².